The van der Waals surface area contributed by atoms with Crippen LogP contribution >= 0.6 is 0 Å². The monoisotopic (exact) mass is 548 g/mol. The Labute approximate surface area is 230 Å². The van der Waals surface area contributed by atoms with Gasteiger partial charge in [-0.05, 0) is 62.6 Å². The highest BCUT2D eigenvalue weighted by Gasteiger charge is 2.74. The van der Waals surface area contributed by atoms with E-state index in [1.165, 1.54) is 4.90 Å². The number of carbonyl (C=O) groups excluding carboxylic acids is 3. The zero-order valence-corrected chi connectivity index (χ0v) is 22.2. The lowest BCUT2D eigenvalue weighted by atomic mass is 9.70. The number of likely N-dealkylation sites (tertiary alicyclic amines) is 1. The van der Waals surface area contributed by atoms with Crippen molar-refractivity contribution in [2.24, 2.45) is 11.8 Å². The van der Waals surface area contributed by atoms with Crippen LogP contribution in [0.2, 0.25) is 0 Å². The summed E-state index contributed by atoms with van der Waals surface area (Å²) in [5.74, 6) is -1.83. The number of nitrogens with zero attached hydrogens (tertiary/aromatic N) is 4. The number of amides is 3. The fraction of sp³-hybridized carbons (Fsp3) is 0.464. The lowest BCUT2D eigenvalue weighted by Crippen LogP contribution is -2.55. The molecule has 1 aromatic heterocycles. The van der Waals surface area contributed by atoms with Gasteiger partial charge in [0.1, 0.15) is 29.6 Å². The molecule has 12 nitrogen and oxygen atoms in total. The molecule has 2 unspecified atom stereocenters. The molecule has 0 saturated carbocycles. The van der Waals surface area contributed by atoms with Crippen molar-refractivity contribution in [1.82, 2.24) is 25.2 Å². The van der Waals surface area contributed by atoms with E-state index in [0.717, 1.165) is 5.52 Å². The molecule has 3 aliphatic heterocycles. The summed E-state index contributed by atoms with van der Waals surface area (Å²) in [5.41, 5.74) is 0.937. The molecule has 1 spiro atoms. The van der Waals surface area contributed by atoms with Crippen molar-refractivity contribution in [3.63, 3.8) is 0 Å². The molecule has 3 fully saturated rings. The van der Waals surface area contributed by atoms with E-state index in [9.17, 15) is 19.5 Å². The van der Waals surface area contributed by atoms with Crippen LogP contribution in [0.1, 0.15) is 26.2 Å². The first-order valence-electron chi connectivity index (χ1n) is 13.7. The first kappa shape index (κ1) is 26.2. The number of rotatable bonds is 10. The van der Waals surface area contributed by atoms with Gasteiger partial charge in [0, 0.05) is 18.8 Å². The molecule has 4 heterocycles. The number of ether oxygens (including phenoxy) is 2. The second kappa shape index (κ2) is 10.5. The summed E-state index contributed by atoms with van der Waals surface area (Å²) in [6.45, 7) is 2.54. The molecule has 2 bridgehead atoms. The normalized spacial score (nSPS) is 26.8. The van der Waals surface area contributed by atoms with E-state index >= 15 is 0 Å². The molecule has 3 aliphatic rings. The van der Waals surface area contributed by atoms with Gasteiger partial charge in [0.2, 0.25) is 17.7 Å². The number of hydrogen-bond acceptors (Lipinski definition) is 8. The highest BCUT2D eigenvalue weighted by Crippen LogP contribution is 2.58. The Morgan fingerprint density at radius 2 is 1.98 bits per heavy atom. The van der Waals surface area contributed by atoms with Crippen molar-refractivity contribution in [3.8, 4) is 5.75 Å². The second-order valence-corrected chi connectivity index (χ2v) is 10.4. The van der Waals surface area contributed by atoms with Gasteiger partial charge >= 0.3 is 0 Å². The van der Waals surface area contributed by atoms with Crippen LogP contribution in [0.3, 0.4) is 0 Å². The summed E-state index contributed by atoms with van der Waals surface area (Å²) >= 11 is 0. The number of anilines is 1. The van der Waals surface area contributed by atoms with E-state index in [1.807, 2.05) is 31.2 Å². The third-order valence-corrected chi connectivity index (χ3v) is 8.16. The summed E-state index contributed by atoms with van der Waals surface area (Å²) in [7, 11) is 0. The molecule has 2 aromatic carbocycles. The van der Waals surface area contributed by atoms with Crippen LogP contribution in [0.25, 0.3) is 11.0 Å². The van der Waals surface area contributed by atoms with E-state index < -0.39 is 29.6 Å². The van der Waals surface area contributed by atoms with Gasteiger partial charge in [-0.25, -0.2) is 4.68 Å². The zero-order chi connectivity index (χ0) is 27.9. The number of hydrogen-bond donors (Lipinski definition) is 3. The molecule has 3 saturated heterocycles. The lowest BCUT2D eigenvalue weighted by Gasteiger charge is -2.33. The van der Waals surface area contributed by atoms with E-state index in [4.69, 9.17) is 9.47 Å². The van der Waals surface area contributed by atoms with Gasteiger partial charge in [0.05, 0.1) is 30.1 Å². The number of benzene rings is 2. The molecule has 12 heteroatoms. The van der Waals surface area contributed by atoms with Crippen LogP contribution in [-0.2, 0) is 25.8 Å². The number of nitrogens with one attached hydrogen (secondary N) is 2. The number of para-hydroxylation sites is 1. The highest BCUT2D eigenvalue weighted by atomic mass is 16.5. The van der Waals surface area contributed by atoms with Gasteiger partial charge in [0.25, 0.3) is 0 Å². The SMILES string of the molecule is CCOc1ccc(NC(=O)[C@@H]2[C@@H]3CCC4(O3)C(C(=O)NCn3nnc5ccccc53)N(CCCO)C(=O)[C@H]24)cc1. The molecule has 5 atom stereocenters. The molecule has 0 aliphatic carbocycles. The fourth-order valence-corrected chi connectivity index (χ4v) is 6.55. The number of aromatic nitrogens is 3. The molecular weight excluding hydrogens is 516 g/mol. The van der Waals surface area contributed by atoms with E-state index in [-0.39, 0.29) is 37.5 Å². The Morgan fingerprint density at radius 1 is 1.18 bits per heavy atom. The highest BCUT2D eigenvalue weighted by molar-refractivity contribution is 6.02. The Morgan fingerprint density at radius 3 is 2.75 bits per heavy atom. The molecule has 0 radical (unpaired) electrons. The summed E-state index contributed by atoms with van der Waals surface area (Å²) in [6.07, 6.45) is 0.891. The largest absolute Gasteiger partial charge is 0.494 e. The van der Waals surface area contributed by atoms with E-state index in [0.29, 0.717) is 42.8 Å². The van der Waals surface area contributed by atoms with Gasteiger partial charge in [-0.2, -0.15) is 0 Å². The number of aliphatic hydroxyl groups excluding tert-OH is 1. The summed E-state index contributed by atoms with van der Waals surface area (Å²) < 4.78 is 13.5. The summed E-state index contributed by atoms with van der Waals surface area (Å²) in [4.78, 5) is 42.6. The van der Waals surface area contributed by atoms with Crippen LogP contribution in [0.4, 0.5) is 5.69 Å². The van der Waals surface area contributed by atoms with Crippen LogP contribution in [-0.4, -0.2) is 80.2 Å². The third-order valence-electron chi connectivity index (χ3n) is 8.16. The van der Waals surface area contributed by atoms with Crippen LogP contribution in [0.15, 0.2) is 48.5 Å². The minimum absolute atomic E-state index is 0.0592. The average molecular weight is 549 g/mol. The molecule has 3 aromatic rings. The predicted molar refractivity (Wildman–Crippen MR) is 143 cm³/mol. The first-order valence-corrected chi connectivity index (χ1v) is 13.7. The Balaban J connectivity index is 1.24. The second-order valence-electron chi connectivity index (χ2n) is 10.4. The van der Waals surface area contributed by atoms with Crippen LogP contribution in [0.5, 0.6) is 5.75 Å². The lowest BCUT2D eigenvalue weighted by molar-refractivity contribution is -0.141. The zero-order valence-electron chi connectivity index (χ0n) is 22.2. The topological polar surface area (TPSA) is 148 Å². The first-order chi connectivity index (χ1) is 19.5. The van der Waals surface area contributed by atoms with Crippen molar-refractivity contribution in [2.75, 3.05) is 25.1 Å². The molecule has 210 valence electrons. The van der Waals surface area contributed by atoms with Crippen LogP contribution < -0.4 is 15.4 Å². The fourth-order valence-electron chi connectivity index (χ4n) is 6.55. The molecule has 6 rings (SSSR count). The average Bonchev–Trinajstić information content (AvgIpc) is 3.71. The van der Waals surface area contributed by atoms with Gasteiger partial charge < -0.3 is 30.1 Å². The number of fused-ring (bicyclic) bond motifs is 2. The van der Waals surface area contributed by atoms with Crippen molar-refractivity contribution in [3.05, 3.63) is 48.5 Å². The van der Waals surface area contributed by atoms with Gasteiger partial charge in [-0.15, -0.1) is 5.10 Å². The molecule has 3 N–H and O–H groups in total. The van der Waals surface area contributed by atoms with Gasteiger partial charge in [-0.1, -0.05) is 17.3 Å². The quantitative estimate of drug-likeness (QED) is 0.343. The van der Waals surface area contributed by atoms with Crippen LogP contribution in [0, 0.1) is 11.8 Å². The Kier molecular flexibility index (Phi) is 6.88. The third kappa shape index (κ3) is 4.27. The van der Waals surface area contributed by atoms with Crippen molar-refractivity contribution >= 4 is 34.4 Å². The minimum Gasteiger partial charge on any atom is -0.494 e. The summed E-state index contributed by atoms with van der Waals surface area (Å²) in [5, 5.41) is 23.6. The smallest absolute Gasteiger partial charge is 0.247 e. The van der Waals surface area contributed by atoms with Crippen molar-refractivity contribution in [1.29, 1.82) is 0 Å². The van der Waals surface area contributed by atoms with Crippen molar-refractivity contribution < 1.29 is 29.0 Å². The molecule has 40 heavy (non-hydrogen) atoms. The Hall–Kier alpha value is -4.03. The minimum atomic E-state index is -1.12. The predicted octanol–water partition coefficient (Wildman–Crippen LogP) is 1.30. The number of carbonyl (C=O) groups is 3. The molecule has 3 amide bonds. The standard InChI is InChI=1S/C28H32N6O6/c1-2-39-18-10-8-17(9-11-18)30-25(36)22-21-12-13-28(40-21)23(22)27(38)33(14-5-15-35)24(28)26(37)29-16-34-20-7-4-3-6-19(20)31-32-34/h3-4,6-11,21-24,35H,2,5,12-16H2,1H3,(H,29,37)(H,30,36)/t21-,22+,23-,24?,28?/m0/s1. The maximum Gasteiger partial charge on any atom is 0.247 e. The Bertz CT molecular complexity index is 1430. The van der Waals surface area contributed by atoms with Crippen molar-refractivity contribution in [2.45, 2.75) is 50.6 Å². The van der Waals surface area contributed by atoms with Gasteiger partial charge in [-0.3, -0.25) is 14.4 Å². The van der Waals surface area contributed by atoms with E-state index in [2.05, 4.69) is 20.9 Å². The number of aliphatic hydroxyl groups is 1. The maximum atomic E-state index is 13.8. The maximum absolute atomic E-state index is 13.8. The molecular formula is C28H32N6O6. The summed E-state index contributed by atoms with van der Waals surface area (Å²) in [6, 6.07) is 13.5. The van der Waals surface area contributed by atoms with Gasteiger partial charge in [0.15, 0.2) is 0 Å². The van der Waals surface area contributed by atoms with E-state index in [1.54, 1.807) is 28.9 Å².